The Hall–Kier alpha value is -2.63. The Morgan fingerprint density at radius 2 is 1.71 bits per heavy atom. The van der Waals surface area contributed by atoms with Gasteiger partial charge in [-0.25, -0.2) is 0 Å². The van der Waals surface area contributed by atoms with Crippen LogP contribution in [-0.4, -0.2) is 72.6 Å². The molecular weight excluding hydrogens is 526 g/mol. The van der Waals surface area contributed by atoms with Crippen molar-refractivity contribution in [1.29, 1.82) is 0 Å². The second kappa shape index (κ2) is 13.4. The van der Waals surface area contributed by atoms with Gasteiger partial charge in [0.2, 0.25) is 5.91 Å². The van der Waals surface area contributed by atoms with Gasteiger partial charge in [0.25, 0.3) is 0 Å². The molecule has 0 saturated carbocycles. The summed E-state index contributed by atoms with van der Waals surface area (Å²) >= 11 is 7.86. The van der Waals surface area contributed by atoms with E-state index in [1.54, 1.807) is 11.3 Å². The standard InChI is InChI=1S/C27H34ClN5O4S/c1-5-35-12-13-37-15-14-36-11-10-29-23(34)16-22-26-32-31-19(4)33(26)27-24(17(2)18(3)38-27)25(30-22)20-6-8-21(28)9-7-20/h6-9,22H,5,10-16H2,1-4H3,(H,29,34)/t22-/m0/s1. The summed E-state index contributed by atoms with van der Waals surface area (Å²) in [5, 5.41) is 13.4. The predicted octanol–water partition coefficient (Wildman–Crippen LogP) is 4.38. The second-order valence-corrected chi connectivity index (χ2v) is 10.5. The highest BCUT2D eigenvalue weighted by molar-refractivity contribution is 7.15. The first-order chi connectivity index (χ1) is 18.4. The van der Waals surface area contributed by atoms with Crippen molar-refractivity contribution in [1.82, 2.24) is 20.1 Å². The third-order valence-electron chi connectivity index (χ3n) is 6.25. The van der Waals surface area contributed by atoms with Crippen LogP contribution in [-0.2, 0) is 19.0 Å². The molecule has 4 rings (SSSR count). The van der Waals surface area contributed by atoms with Gasteiger partial charge in [-0.1, -0.05) is 23.7 Å². The van der Waals surface area contributed by atoms with Crippen molar-refractivity contribution in [2.24, 2.45) is 4.99 Å². The van der Waals surface area contributed by atoms with Gasteiger partial charge in [0.1, 0.15) is 16.9 Å². The Bertz CT molecular complexity index is 1270. The van der Waals surface area contributed by atoms with Gasteiger partial charge in [0, 0.05) is 34.2 Å². The van der Waals surface area contributed by atoms with Crippen molar-refractivity contribution in [3.8, 4) is 5.00 Å². The van der Waals surface area contributed by atoms with Crippen LogP contribution in [0.5, 0.6) is 0 Å². The zero-order valence-corrected chi connectivity index (χ0v) is 23.8. The molecule has 3 aromatic rings. The van der Waals surface area contributed by atoms with Crippen LogP contribution in [0.15, 0.2) is 29.3 Å². The quantitative estimate of drug-likeness (QED) is 0.312. The lowest BCUT2D eigenvalue weighted by atomic mass is 9.99. The number of fused-ring (bicyclic) bond motifs is 3. The Morgan fingerprint density at radius 1 is 1.03 bits per heavy atom. The number of nitrogens with one attached hydrogen (secondary N) is 1. The minimum absolute atomic E-state index is 0.129. The molecule has 3 heterocycles. The summed E-state index contributed by atoms with van der Waals surface area (Å²) in [5.41, 5.74) is 3.96. The van der Waals surface area contributed by atoms with Crippen molar-refractivity contribution >= 4 is 34.6 Å². The summed E-state index contributed by atoms with van der Waals surface area (Å²) in [6.45, 7) is 11.6. The average Bonchev–Trinajstić information content (AvgIpc) is 3.37. The molecule has 9 nitrogen and oxygen atoms in total. The second-order valence-electron chi connectivity index (χ2n) is 8.88. The molecule has 2 aromatic heterocycles. The number of ether oxygens (including phenoxy) is 3. The molecule has 11 heteroatoms. The van der Waals surface area contributed by atoms with E-state index in [0.29, 0.717) is 57.0 Å². The lowest BCUT2D eigenvalue weighted by Crippen LogP contribution is -2.29. The van der Waals surface area contributed by atoms with Gasteiger partial charge in [0.05, 0.1) is 45.2 Å². The number of amides is 1. The molecule has 0 fully saturated rings. The van der Waals surface area contributed by atoms with Crippen LogP contribution in [0, 0.1) is 20.8 Å². The monoisotopic (exact) mass is 559 g/mol. The molecule has 1 aliphatic rings. The van der Waals surface area contributed by atoms with Crippen molar-refractivity contribution < 1.29 is 19.0 Å². The highest BCUT2D eigenvalue weighted by Gasteiger charge is 2.32. The molecule has 0 spiro atoms. The first kappa shape index (κ1) is 28.4. The van der Waals surface area contributed by atoms with Gasteiger partial charge in [-0.2, -0.15) is 0 Å². The zero-order valence-electron chi connectivity index (χ0n) is 22.3. The highest BCUT2D eigenvalue weighted by atomic mass is 35.5. The summed E-state index contributed by atoms with van der Waals surface area (Å²) in [6, 6.07) is 7.14. The summed E-state index contributed by atoms with van der Waals surface area (Å²) in [4.78, 5) is 19.3. The molecule has 204 valence electrons. The van der Waals surface area contributed by atoms with Crippen LogP contribution in [0.25, 0.3) is 5.00 Å². The molecule has 0 bridgehead atoms. The van der Waals surface area contributed by atoms with Crippen LogP contribution in [0.3, 0.4) is 0 Å². The molecule has 0 unspecified atom stereocenters. The van der Waals surface area contributed by atoms with E-state index in [2.05, 4.69) is 29.4 Å². The number of aliphatic imine (C=N–C) groups is 1. The molecule has 0 saturated heterocycles. The fourth-order valence-corrected chi connectivity index (χ4v) is 5.57. The number of aromatic nitrogens is 3. The topological polar surface area (TPSA) is 99.9 Å². The maximum atomic E-state index is 12.9. The number of carbonyl (C=O) groups is 1. The Balaban J connectivity index is 1.46. The van der Waals surface area contributed by atoms with E-state index in [-0.39, 0.29) is 12.3 Å². The van der Waals surface area contributed by atoms with E-state index in [1.807, 2.05) is 42.7 Å². The minimum Gasteiger partial charge on any atom is -0.379 e. The zero-order chi connectivity index (χ0) is 27.1. The van der Waals surface area contributed by atoms with Crippen molar-refractivity contribution in [3.63, 3.8) is 0 Å². The van der Waals surface area contributed by atoms with Crippen molar-refractivity contribution in [3.05, 3.63) is 62.5 Å². The lowest BCUT2D eigenvalue weighted by molar-refractivity contribution is -0.121. The number of aryl methyl sites for hydroxylation is 2. The number of hydrogen-bond donors (Lipinski definition) is 1. The number of rotatable bonds is 13. The molecule has 1 aliphatic heterocycles. The van der Waals surface area contributed by atoms with Crippen LogP contribution in [0.2, 0.25) is 5.02 Å². The molecule has 1 amide bonds. The van der Waals surface area contributed by atoms with Crippen LogP contribution in [0.4, 0.5) is 0 Å². The number of carbonyl (C=O) groups excluding carboxylic acids is 1. The molecule has 1 atom stereocenters. The van der Waals surface area contributed by atoms with Crippen molar-refractivity contribution in [2.75, 3.05) is 46.2 Å². The number of nitrogens with zero attached hydrogens (tertiary/aromatic N) is 4. The van der Waals surface area contributed by atoms with Crippen LogP contribution >= 0.6 is 22.9 Å². The number of benzene rings is 1. The van der Waals surface area contributed by atoms with E-state index < -0.39 is 6.04 Å². The summed E-state index contributed by atoms with van der Waals surface area (Å²) in [7, 11) is 0. The lowest BCUT2D eigenvalue weighted by Gasteiger charge is -2.13. The van der Waals surface area contributed by atoms with E-state index in [4.69, 9.17) is 30.8 Å². The summed E-state index contributed by atoms with van der Waals surface area (Å²) in [5.74, 6) is 1.29. The Morgan fingerprint density at radius 3 is 2.42 bits per heavy atom. The third kappa shape index (κ3) is 6.68. The molecule has 1 N–H and O–H groups in total. The first-order valence-corrected chi connectivity index (χ1v) is 14.0. The van der Waals surface area contributed by atoms with E-state index >= 15 is 0 Å². The van der Waals surface area contributed by atoms with Gasteiger partial charge < -0.3 is 19.5 Å². The van der Waals surface area contributed by atoms with Gasteiger partial charge in [-0.3, -0.25) is 14.4 Å². The van der Waals surface area contributed by atoms with Gasteiger partial charge in [0.15, 0.2) is 5.82 Å². The fourth-order valence-electron chi connectivity index (χ4n) is 4.23. The smallest absolute Gasteiger partial charge is 0.222 e. The molecule has 0 radical (unpaired) electrons. The maximum absolute atomic E-state index is 12.9. The maximum Gasteiger partial charge on any atom is 0.222 e. The van der Waals surface area contributed by atoms with E-state index in [1.165, 1.54) is 4.88 Å². The number of hydrogen-bond acceptors (Lipinski definition) is 8. The Kier molecular flexibility index (Phi) is 10.0. The first-order valence-electron chi connectivity index (χ1n) is 12.8. The summed E-state index contributed by atoms with van der Waals surface area (Å²) in [6.07, 6.45) is 0.142. The van der Waals surface area contributed by atoms with Crippen molar-refractivity contribution in [2.45, 2.75) is 40.2 Å². The number of thiophene rings is 1. The predicted molar refractivity (Wildman–Crippen MR) is 149 cm³/mol. The highest BCUT2D eigenvalue weighted by Crippen LogP contribution is 2.39. The third-order valence-corrected chi connectivity index (χ3v) is 7.70. The average molecular weight is 560 g/mol. The van der Waals surface area contributed by atoms with Gasteiger partial charge >= 0.3 is 0 Å². The van der Waals surface area contributed by atoms with Gasteiger partial charge in [-0.05, 0) is 45.4 Å². The van der Waals surface area contributed by atoms with Crippen LogP contribution < -0.4 is 5.32 Å². The van der Waals surface area contributed by atoms with E-state index in [0.717, 1.165) is 33.2 Å². The molecular formula is C27H34ClN5O4S. The van der Waals surface area contributed by atoms with Gasteiger partial charge in [-0.15, -0.1) is 21.5 Å². The molecule has 0 aliphatic carbocycles. The largest absolute Gasteiger partial charge is 0.379 e. The summed E-state index contributed by atoms with van der Waals surface area (Å²) < 4.78 is 18.2. The normalized spacial score (nSPS) is 14.6. The molecule has 1 aromatic carbocycles. The van der Waals surface area contributed by atoms with E-state index in [9.17, 15) is 4.79 Å². The number of halogens is 1. The Labute approximate surface area is 232 Å². The van der Waals surface area contributed by atoms with Crippen LogP contribution in [0.1, 0.15) is 52.6 Å². The minimum atomic E-state index is -0.499. The fraction of sp³-hybridized carbons (Fsp3) is 0.481. The molecule has 38 heavy (non-hydrogen) atoms. The SMILES string of the molecule is CCOCCOCCOCCNC(=O)C[C@@H]1N=C(c2ccc(Cl)cc2)c2c(sc(C)c2C)-n2c(C)nnc21.